The Morgan fingerprint density at radius 1 is 1.40 bits per heavy atom. The van der Waals surface area contributed by atoms with E-state index in [1.807, 2.05) is 30.3 Å². The summed E-state index contributed by atoms with van der Waals surface area (Å²) >= 11 is 0. The van der Waals surface area contributed by atoms with Crippen LogP contribution < -0.4 is 0 Å². The Hall–Kier alpha value is -1.43. The largest absolute Gasteiger partial charge is 0.380 e. The van der Waals surface area contributed by atoms with Crippen molar-refractivity contribution < 1.29 is 19.4 Å². The topological polar surface area (TPSA) is 59.0 Å². The van der Waals surface area contributed by atoms with Gasteiger partial charge >= 0.3 is 0 Å². The van der Waals surface area contributed by atoms with E-state index in [0.717, 1.165) is 18.4 Å². The average molecular weight is 347 g/mol. The summed E-state index contributed by atoms with van der Waals surface area (Å²) in [6.45, 7) is 5.94. The fourth-order valence-electron chi connectivity index (χ4n) is 3.74. The molecule has 1 aromatic carbocycles. The van der Waals surface area contributed by atoms with Crippen molar-refractivity contribution in [2.24, 2.45) is 0 Å². The number of aliphatic hydroxyl groups is 1. The van der Waals surface area contributed by atoms with Crippen molar-refractivity contribution in [3.8, 4) is 0 Å². The molecule has 1 N–H and O–H groups in total. The van der Waals surface area contributed by atoms with Crippen LogP contribution in [0.5, 0.6) is 0 Å². The average Bonchev–Trinajstić information content (AvgIpc) is 3.07. The molecule has 1 spiro atoms. The van der Waals surface area contributed by atoms with Gasteiger partial charge in [0, 0.05) is 19.6 Å². The van der Waals surface area contributed by atoms with Crippen molar-refractivity contribution in [1.29, 1.82) is 0 Å². The lowest BCUT2D eigenvalue weighted by Crippen LogP contribution is -2.61. The van der Waals surface area contributed by atoms with Gasteiger partial charge in [-0.05, 0) is 31.7 Å². The molecule has 0 aliphatic carbocycles. The Kier molecular flexibility index (Phi) is 5.46. The van der Waals surface area contributed by atoms with Crippen molar-refractivity contribution in [2.45, 2.75) is 56.8 Å². The maximum absolute atomic E-state index is 13.0. The van der Waals surface area contributed by atoms with Crippen LogP contribution in [0.15, 0.2) is 30.3 Å². The van der Waals surface area contributed by atoms with Crippen molar-refractivity contribution in [3.63, 3.8) is 0 Å². The fourth-order valence-corrected chi connectivity index (χ4v) is 3.74. The predicted octanol–water partition coefficient (Wildman–Crippen LogP) is 2.17. The zero-order valence-electron chi connectivity index (χ0n) is 15.2. The third kappa shape index (κ3) is 4.22. The smallest absolute Gasteiger partial charge is 0.254 e. The zero-order valence-corrected chi connectivity index (χ0v) is 15.2. The quantitative estimate of drug-likeness (QED) is 0.887. The molecule has 0 radical (unpaired) electrons. The number of hydrogen-bond acceptors (Lipinski definition) is 4. The van der Waals surface area contributed by atoms with E-state index in [9.17, 15) is 9.90 Å². The Balaban J connectivity index is 1.67. The molecule has 1 aromatic rings. The molecule has 138 valence electrons. The van der Waals surface area contributed by atoms with Gasteiger partial charge in [-0.1, -0.05) is 37.3 Å². The van der Waals surface area contributed by atoms with Gasteiger partial charge in [-0.2, -0.15) is 0 Å². The van der Waals surface area contributed by atoms with Gasteiger partial charge in [0.1, 0.15) is 11.2 Å². The van der Waals surface area contributed by atoms with Crippen molar-refractivity contribution in [1.82, 2.24) is 4.90 Å². The molecule has 0 saturated carbocycles. The number of ether oxygens (including phenoxy) is 2. The molecule has 2 saturated heterocycles. The van der Waals surface area contributed by atoms with Gasteiger partial charge in [-0.3, -0.25) is 4.79 Å². The number of carbonyl (C=O) groups is 1. The summed E-state index contributed by atoms with van der Waals surface area (Å²) in [7, 11) is 0. The molecule has 1 amide bonds. The highest BCUT2D eigenvalue weighted by molar-refractivity contribution is 5.84. The third-order valence-corrected chi connectivity index (χ3v) is 5.33. The standard InChI is InChI=1S/C20H29NO4/c1-3-17-13-21(14-20(25-17)11-12-24-15-20)18(22)19(2,23)10-9-16-7-5-4-6-8-16/h4-8,17,23H,3,9-15H2,1-2H3/t17-,19+,20+/m1/s1. The number of rotatable bonds is 5. The molecule has 3 rings (SSSR count). The summed E-state index contributed by atoms with van der Waals surface area (Å²) in [6, 6.07) is 9.96. The summed E-state index contributed by atoms with van der Waals surface area (Å²) in [5.74, 6) is -0.198. The molecule has 2 heterocycles. The number of hydrogen-bond donors (Lipinski definition) is 1. The van der Waals surface area contributed by atoms with Crippen LogP contribution in [0.2, 0.25) is 0 Å². The first-order valence-electron chi connectivity index (χ1n) is 9.25. The normalized spacial score (nSPS) is 28.9. The maximum Gasteiger partial charge on any atom is 0.254 e. The predicted molar refractivity (Wildman–Crippen MR) is 95.3 cm³/mol. The summed E-state index contributed by atoms with van der Waals surface area (Å²) < 4.78 is 11.7. The monoisotopic (exact) mass is 347 g/mol. The van der Waals surface area contributed by atoms with E-state index >= 15 is 0 Å². The Bertz CT molecular complexity index is 581. The van der Waals surface area contributed by atoms with Gasteiger partial charge in [0.25, 0.3) is 5.91 Å². The van der Waals surface area contributed by atoms with E-state index in [1.165, 1.54) is 0 Å². The summed E-state index contributed by atoms with van der Waals surface area (Å²) in [6.07, 6.45) is 2.74. The number of nitrogens with zero attached hydrogens (tertiary/aromatic N) is 1. The minimum Gasteiger partial charge on any atom is -0.380 e. The van der Waals surface area contributed by atoms with E-state index < -0.39 is 11.2 Å². The molecule has 5 heteroatoms. The number of morpholine rings is 1. The lowest BCUT2D eigenvalue weighted by atomic mass is 9.92. The van der Waals surface area contributed by atoms with Gasteiger partial charge < -0.3 is 19.5 Å². The Morgan fingerprint density at radius 2 is 2.16 bits per heavy atom. The maximum atomic E-state index is 13.0. The molecule has 2 fully saturated rings. The Morgan fingerprint density at radius 3 is 2.80 bits per heavy atom. The highest BCUT2D eigenvalue weighted by atomic mass is 16.6. The van der Waals surface area contributed by atoms with Gasteiger partial charge in [-0.25, -0.2) is 0 Å². The number of benzene rings is 1. The first kappa shape index (κ1) is 18.4. The second kappa shape index (κ2) is 7.44. The molecule has 3 atom stereocenters. The van der Waals surface area contributed by atoms with Gasteiger partial charge in [0.05, 0.1) is 19.3 Å². The first-order valence-corrected chi connectivity index (χ1v) is 9.25. The SMILES string of the molecule is CC[C@@H]1CN(C(=O)[C@@](C)(O)CCc2ccccc2)C[C@]2(CCOC2)O1. The van der Waals surface area contributed by atoms with Gasteiger partial charge in [0.15, 0.2) is 0 Å². The fraction of sp³-hybridized carbons (Fsp3) is 0.650. The molecule has 5 nitrogen and oxygen atoms in total. The molecule has 2 aliphatic heterocycles. The van der Waals surface area contributed by atoms with Crippen LogP contribution in [0, 0.1) is 0 Å². The van der Waals surface area contributed by atoms with E-state index in [-0.39, 0.29) is 12.0 Å². The van der Waals surface area contributed by atoms with Crippen molar-refractivity contribution in [3.05, 3.63) is 35.9 Å². The first-order chi connectivity index (χ1) is 11.9. The van der Waals surface area contributed by atoms with Crippen LogP contribution in [0.3, 0.4) is 0 Å². The summed E-state index contributed by atoms with van der Waals surface area (Å²) in [5.41, 5.74) is -0.638. The Labute approximate surface area is 149 Å². The van der Waals surface area contributed by atoms with Crippen molar-refractivity contribution >= 4 is 5.91 Å². The third-order valence-electron chi connectivity index (χ3n) is 5.33. The molecular weight excluding hydrogens is 318 g/mol. The molecule has 25 heavy (non-hydrogen) atoms. The molecule has 2 aliphatic rings. The van der Waals surface area contributed by atoms with Crippen LogP contribution in [0.1, 0.15) is 38.7 Å². The van der Waals surface area contributed by atoms with E-state index in [2.05, 4.69) is 6.92 Å². The molecule has 0 aromatic heterocycles. The molecule has 0 unspecified atom stereocenters. The number of amides is 1. The highest BCUT2D eigenvalue weighted by Crippen LogP contribution is 2.32. The lowest BCUT2D eigenvalue weighted by molar-refractivity contribution is -0.182. The van der Waals surface area contributed by atoms with Gasteiger partial charge in [-0.15, -0.1) is 0 Å². The molecule has 0 bridgehead atoms. The van der Waals surface area contributed by atoms with Crippen LogP contribution >= 0.6 is 0 Å². The second-order valence-corrected chi connectivity index (χ2v) is 7.58. The number of carbonyl (C=O) groups excluding carboxylic acids is 1. The van der Waals surface area contributed by atoms with Crippen LogP contribution in [0.4, 0.5) is 0 Å². The van der Waals surface area contributed by atoms with Crippen LogP contribution in [-0.4, -0.2) is 59.5 Å². The van der Waals surface area contributed by atoms with Gasteiger partial charge in [0.2, 0.25) is 0 Å². The van der Waals surface area contributed by atoms with E-state index in [1.54, 1.807) is 11.8 Å². The van der Waals surface area contributed by atoms with E-state index in [4.69, 9.17) is 9.47 Å². The molecular formula is C20H29NO4. The highest BCUT2D eigenvalue weighted by Gasteiger charge is 2.47. The number of aryl methyl sites for hydroxylation is 1. The van der Waals surface area contributed by atoms with E-state index in [0.29, 0.717) is 39.1 Å². The zero-order chi connectivity index (χ0) is 17.9. The summed E-state index contributed by atoms with van der Waals surface area (Å²) in [5, 5.41) is 10.8. The lowest BCUT2D eigenvalue weighted by Gasteiger charge is -2.45. The minimum atomic E-state index is -1.37. The minimum absolute atomic E-state index is 0.00400. The van der Waals surface area contributed by atoms with Crippen molar-refractivity contribution in [2.75, 3.05) is 26.3 Å². The second-order valence-electron chi connectivity index (χ2n) is 7.58. The van der Waals surface area contributed by atoms with Crippen LogP contribution in [-0.2, 0) is 20.7 Å². The van der Waals surface area contributed by atoms with Crippen LogP contribution in [0.25, 0.3) is 0 Å². The summed E-state index contributed by atoms with van der Waals surface area (Å²) in [4.78, 5) is 14.8.